The zero-order valence-corrected chi connectivity index (χ0v) is 19.4. The molecule has 1 aromatic carbocycles. The van der Waals surface area contributed by atoms with Crippen molar-refractivity contribution in [2.75, 3.05) is 62.6 Å². The minimum absolute atomic E-state index is 0.00286. The second-order valence-electron chi connectivity index (χ2n) is 8.14. The number of likely N-dealkylation sites (tertiary alicyclic amines) is 1. The Morgan fingerprint density at radius 2 is 1.69 bits per heavy atom. The van der Waals surface area contributed by atoms with Gasteiger partial charge >= 0.3 is 0 Å². The summed E-state index contributed by atoms with van der Waals surface area (Å²) in [6, 6.07) is 5.24. The lowest BCUT2D eigenvalue weighted by atomic mass is 10.2. The van der Waals surface area contributed by atoms with Gasteiger partial charge < -0.3 is 20.9 Å². The highest BCUT2D eigenvalue weighted by molar-refractivity contribution is 6.35. The van der Waals surface area contributed by atoms with E-state index < -0.39 is 5.91 Å². The number of piperazine rings is 1. The first-order chi connectivity index (χ1) is 15.5. The summed E-state index contributed by atoms with van der Waals surface area (Å²) in [5.74, 6) is 0.0943. The van der Waals surface area contributed by atoms with Gasteiger partial charge in [0.15, 0.2) is 11.5 Å². The van der Waals surface area contributed by atoms with Crippen LogP contribution in [0.2, 0.25) is 10.0 Å². The third kappa shape index (κ3) is 5.78. The van der Waals surface area contributed by atoms with E-state index in [1.54, 1.807) is 12.1 Å². The lowest BCUT2D eigenvalue weighted by Gasteiger charge is -2.35. The van der Waals surface area contributed by atoms with Crippen LogP contribution in [0.25, 0.3) is 0 Å². The Bertz CT molecular complexity index is 945. The van der Waals surface area contributed by atoms with Gasteiger partial charge in [-0.05, 0) is 43.6 Å². The maximum Gasteiger partial charge on any atom is 0.273 e. The highest BCUT2D eigenvalue weighted by Gasteiger charge is 2.23. The fourth-order valence-corrected chi connectivity index (χ4v) is 4.52. The molecule has 1 amide bonds. The summed E-state index contributed by atoms with van der Waals surface area (Å²) < 4.78 is 0. The number of nitrogens with two attached hydrogens (primary N) is 1. The Labute approximate surface area is 197 Å². The number of anilines is 2. The lowest BCUT2D eigenvalue weighted by Crippen LogP contribution is -2.49. The molecule has 0 unspecified atom stereocenters. The molecular formula is C21H28Cl2N8O. The summed E-state index contributed by atoms with van der Waals surface area (Å²) in [6.07, 6.45) is 2.64. The fraction of sp³-hybridized carbons (Fsp3) is 0.524. The first-order valence-electron chi connectivity index (χ1n) is 10.9. The topological polar surface area (TPSA) is 104 Å². The van der Waals surface area contributed by atoms with Crippen LogP contribution in [0.5, 0.6) is 0 Å². The van der Waals surface area contributed by atoms with Gasteiger partial charge in [-0.2, -0.15) is 4.98 Å². The van der Waals surface area contributed by atoms with E-state index in [2.05, 4.69) is 35.2 Å². The molecule has 0 saturated carbocycles. The minimum Gasteiger partial charge on any atom is -0.364 e. The molecule has 2 saturated heterocycles. The summed E-state index contributed by atoms with van der Waals surface area (Å²) in [5.41, 5.74) is 6.30. The molecule has 0 bridgehead atoms. The van der Waals surface area contributed by atoms with Crippen molar-refractivity contribution in [2.24, 2.45) is 5.73 Å². The molecule has 0 aliphatic carbocycles. The summed E-state index contributed by atoms with van der Waals surface area (Å²) >= 11 is 12.2. The minimum atomic E-state index is -0.687. The molecule has 11 heteroatoms. The Kier molecular flexibility index (Phi) is 7.62. The Morgan fingerprint density at radius 1 is 1.00 bits per heavy atom. The Balaban J connectivity index is 1.38. The van der Waals surface area contributed by atoms with Crippen molar-refractivity contribution in [1.82, 2.24) is 25.0 Å². The van der Waals surface area contributed by atoms with Gasteiger partial charge in [-0.25, -0.2) is 0 Å². The van der Waals surface area contributed by atoms with Crippen molar-refractivity contribution in [3.05, 3.63) is 39.5 Å². The molecule has 172 valence electrons. The van der Waals surface area contributed by atoms with Gasteiger partial charge in [0.05, 0.1) is 0 Å². The molecule has 0 spiro atoms. The monoisotopic (exact) mass is 478 g/mol. The average molecular weight is 479 g/mol. The highest BCUT2D eigenvalue weighted by Crippen LogP contribution is 2.23. The number of nitrogens with zero attached hydrogens (tertiary/aromatic N) is 6. The number of carbonyl (C=O) groups excluding carboxylic acids is 1. The van der Waals surface area contributed by atoms with E-state index in [1.807, 2.05) is 6.07 Å². The van der Waals surface area contributed by atoms with Crippen molar-refractivity contribution < 1.29 is 4.79 Å². The van der Waals surface area contributed by atoms with E-state index in [0.29, 0.717) is 28.4 Å². The molecule has 9 nitrogen and oxygen atoms in total. The Hall–Kier alpha value is -2.20. The molecule has 32 heavy (non-hydrogen) atoms. The molecule has 1 aromatic heterocycles. The van der Waals surface area contributed by atoms with Crippen LogP contribution in [0.15, 0.2) is 18.2 Å². The van der Waals surface area contributed by atoms with E-state index in [0.717, 1.165) is 44.8 Å². The van der Waals surface area contributed by atoms with Crippen LogP contribution >= 0.6 is 23.2 Å². The van der Waals surface area contributed by atoms with Gasteiger partial charge in [0, 0.05) is 55.9 Å². The number of carbonyl (C=O) groups is 1. The number of hydrogen-bond acceptors (Lipinski definition) is 8. The van der Waals surface area contributed by atoms with E-state index >= 15 is 0 Å². The number of benzene rings is 1. The maximum atomic E-state index is 11.8. The summed E-state index contributed by atoms with van der Waals surface area (Å²) in [7, 11) is 0. The van der Waals surface area contributed by atoms with Gasteiger partial charge in [-0.3, -0.25) is 9.69 Å². The van der Waals surface area contributed by atoms with Crippen LogP contribution < -0.4 is 16.0 Å². The molecule has 0 radical (unpaired) electrons. The lowest BCUT2D eigenvalue weighted by molar-refractivity contribution is 0.0995. The smallest absolute Gasteiger partial charge is 0.273 e. The Morgan fingerprint density at radius 3 is 2.34 bits per heavy atom. The van der Waals surface area contributed by atoms with E-state index in [-0.39, 0.29) is 5.69 Å². The van der Waals surface area contributed by atoms with Crippen LogP contribution in [0, 0.1) is 0 Å². The SMILES string of the molecule is NC(=O)c1nnc(N2CCN(CCN3CCCC3)CC2)nc1NCc1ccc(Cl)cc1Cl. The molecule has 4 rings (SSSR count). The van der Waals surface area contributed by atoms with Crippen LogP contribution in [-0.2, 0) is 6.54 Å². The van der Waals surface area contributed by atoms with Gasteiger partial charge in [0.2, 0.25) is 5.95 Å². The number of aromatic nitrogens is 3. The quantitative estimate of drug-likeness (QED) is 0.594. The molecule has 2 aromatic rings. The number of hydrogen-bond donors (Lipinski definition) is 2. The number of amides is 1. The number of primary amides is 1. The van der Waals surface area contributed by atoms with Crippen molar-refractivity contribution >= 4 is 40.9 Å². The number of halogens is 2. The average Bonchev–Trinajstić information content (AvgIpc) is 3.31. The fourth-order valence-electron chi connectivity index (χ4n) is 4.05. The normalized spacial score (nSPS) is 17.6. The van der Waals surface area contributed by atoms with Gasteiger partial charge in [-0.15, -0.1) is 10.2 Å². The van der Waals surface area contributed by atoms with E-state index in [4.69, 9.17) is 28.9 Å². The molecule has 2 fully saturated rings. The van der Waals surface area contributed by atoms with Gasteiger partial charge in [0.25, 0.3) is 5.91 Å². The third-order valence-corrected chi connectivity index (χ3v) is 6.54. The van der Waals surface area contributed by atoms with Crippen molar-refractivity contribution in [3.63, 3.8) is 0 Å². The molecule has 3 heterocycles. The third-order valence-electron chi connectivity index (χ3n) is 5.96. The number of rotatable bonds is 8. The first kappa shape index (κ1) is 23.0. The molecule has 2 aliphatic rings. The van der Waals surface area contributed by atoms with Gasteiger partial charge in [0.1, 0.15) is 0 Å². The van der Waals surface area contributed by atoms with Crippen LogP contribution in [0.4, 0.5) is 11.8 Å². The zero-order chi connectivity index (χ0) is 22.5. The van der Waals surface area contributed by atoms with Gasteiger partial charge in [-0.1, -0.05) is 29.3 Å². The summed E-state index contributed by atoms with van der Waals surface area (Å²) in [5, 5.41) is 12.4. The standard InChI is InChI=1S/C21H28Cl2N8O/c22-16-4-3-15(17(23)13-16)14-25-20-18(19(24)32)27-28-21(26-20)31-11-9-30(10-12-31)8-7-29-5-1-2-6-29/h3-4,13H,1-2,5-12,14H2,(H2,24,32)(H,25,26,28). The number of nitrogens with one attached hydrogen (secondary N) is 1. The summed E-state index contributed by atoms with van der Waals surface area (Å²) in [6.45, 7) is 8.51. The second kappa shape index (κ2) is 10.6. The van der Waals surface area contributed by atoms with E-state index in [1.165, 1.54) is 25.9 Å². The first-order valence-corrected chi connectivity index (χ1v) is 11.7. The molecular weight excluding hydrogens is 451 g/mol. The second-order valence-corrected chi connectivity index (χ2v) is 8.98. The molecule has 3 N–H and O–H groups in total. The van der Waals surface area contributed by atoms with Crippen molar-refractivity contribution in [1.29, 1.82) is 0 Å². The van der Waals surface area contributed by atoms with Crippen LogP contribution in [0.3, 0.4) is 0 Å². The maximum absolute atomic E-state index is 11.8. The van der Waals surface area contributed by atoms with Crippen LogP contribution in [-0.4, -0.2) is 83.2 Å². The van der Waals surface area contributed by atoms with Crippen molar-refractivity contribution in [3.8, 4) is 0 Å². The largest absolute Gasteiger partial charge is 0.364 e. The molecule has 0 atom stereocenters. The zero-order valence-electron chi connectivity index (χ0n) is 17.9. The van der Waals surface area contributed by atoms with Crippen molar-refractivity contribution in [2.45, 2.75) is 19.4 Å². The predicted octanol–water partition coefficient (Wildman–Crippen LogP) is 2.11. The molecule has 2 aliphatic heterocycles. The van der Waals surface area contributed by atoms with Crippen LogP contribution in [0.1, 0.15) is 28.9 Å². The van der Waals surface area contributed by atoms with E-state index in [9.17, 15) is 4.79 Å². The highest BCUT2D eigenvalue weighted by atomic mass is 35.5. The summed E-state index contributed by atoms with van der Waals surface area (Å²) in [4.78, 5) is 23.5. The predicted molar refractivity (Wildman–Crippen MR) is 126 cm³/mol.